The third-order valence-corrected chi connectivity index (χ3v) is 5.30. The molecule has 2 aliphatic heterocycles. The maximum absolute atomic E-state index is 12.7. The highest BCUT2D eigenvalue weighted by atomic mass is 16.7. The van der Waals surface area contributed by atoms with Gasteiger partial charge in [0.25, 0.3) is 0 Å². The van der Waals surface area contributed by atoms with Crippen LogP contribution in [0.3, 0.4) is 0 Å². The average molecular weight is 350 g/mol. The second kappa shape index (κ2) is 5.19. The minimum Gasteiger partial charge on any atom is -0.464 e. The Morgan fingerprint density at radius 2 is 1.85 bits per heavy atom. The van der Waals surface area contributed by atoms with Crippen LogP contribution in [0, 0.1) is 0 Å². The molecule has 1 saturated heterocycles. The third kappa shape index (κ3) is 2.08. The zero-order valence-electron chi connectivity index (χ0n) is 14.4. The van der Waals surface area contributed by atoms with Gasteiger partial charge in [0.05, 0.1) is 23.0 Å². The molecule has 0 amide bonds. The Labute approximate surface area is 149 Å². The highest BCUT2D eigenvalue weighted by Crippen LogP contribution is 2.52. The monoisotopic (exact) mass is 350 g/mol. The summed E-state index contributed by atoms with van der Waals surface area (Å²) in [5.74, 6) is 0.695. The summed E-state index contributed by atoms with van der Waals surface area (Å²) < 4.78 is 17.9. The predicted molar refractivity (Wildman–Crippen MR) is 96.2 cm³/mol. The van der Waals surface area contributed by atoms with Crippen LogP contribution in [-0.2, 0) is 4.74 Å². The summed E-state index contributed by atoms with van der Waals surface area (Å²) in [6.07, 6.45) is -1.34. The second-order valence-electron chi connectivity index (χ2n) is 7.37. The van der Waals surface area contributed by atoms with Crippen LogP contribution >= 0.6 is 0 Å². The Morgan fingerprint density at radius 3 is 2.62 bits per heavy atom. The third-order valence-electron chi connectivity index (χ3n) is 5.30. The number of aliphatic hydroxyl groups is 1. The van der Waals surface area contributed by atoms with Gasteiger partial charge in [0.2, 0.25) is 6.29 Å². The van der Waals surface area contributed by atoms with E-state index >= 15 is 0 Å². The van der Waals surface area contributed by atoms with E-state index < -0.39 is 23.9 Å². The quantitative estimate of drug-likeness (QED) is 0.728. The molecular formula is C21H18O5. The molecule has 0 aliphatic carbocycles. The van der Waals surface area contributed by atoms with Crippen molar-refractivity contribution in [2.24, 2.45) is 0 Å². The molecule has 26 heavy (non-hydrogen) atoms. The molecule has 0 unspecified atom stereocenters. The summed E-state index contributed by atoms with van der Waals surface area (Å²) >= 11 is 0. The fraction of sp³-hybridized carbons (Fsp3) is 0.286. The number of fused-ring (bicyclic) bond motifs is 5. The number of rotatable bonds is 1. The summed E-state index contributed by atoms with van der Waals surface area (Å²) in [4.78, 5) is 12.7. The van der Waals surface area contributed by atoms with E-state index in [9.17, 15) is 9.90 Å². The van der Waals surface area contributed by atoms with Crippen LogP contribution in [0.5, 0.6) is 5.75 Å². The summed E-state index contributed by atoms with van der Waals surface area (Å²) in [7, 11) is 0. The topological polar surface area (TPSA) is 68.9 Å². The highest BCUT2D eigenvalue weighted by molar-refractivity contribution is 5.85. The predicted octanol–water partition coefficient (Wildman–Crippen LogP) is 3.43. The van der Waals surface area contributed by atoms with E-state index in [-0.39, 0.29) is 5.43 Å². The summed E-state index contributed by atoms with van der Waals surface area (Å²) in [5.41, 5.74) is 1.14. The van der Waals surface area contributed by atoms with E-state index in [4.69, 9.17) is 13.9 Å². The molecule has 3 aromatic rings. The molecule has 2 aliphatic rings. The highest BCUT2D eigenvalue weighted by Gasteiger charge is 2.55. The summed E-state index contributed by atoms with van der Waals surface area (Å²) in [6, 6.07) is 14.4. The molecule has 1 fully saturated rings. The fourth-order valence-electron chi connectivity index (χ4n) is 3.92. The van der Waals surface area contributed by atoms with E-state index in [1.165, 1.54) is 6.07 Å². The summed E-state index contributed by atoms with van der Waals surface area (Å²) in [5, 5.41) is 11.2. The van der Waals surface area contributed by atoms with Gasteiger partial charge >= 0.3 is 0 Å². The van der Waals surface area contributed by atoms with E-state index in [0.717, 1.165) is 5.56 Å². The van der Waals surface area contributed by atoms with E-state index in [0.29, 0.717) is 28.0 Å². The Morgan fingerprint density at radius 1 is 1.08 bits per heavy atom. The molecule has 2 aromatic carbocycles. The van der Waals surface area contributed by atoms with Crippen LogP contribution in [0.15, 0.2) is 57.7 Å². The number of aliphatic hydroxyl groups excluding tert-OH is 1. The molecule has 0 bridgehead atoms. The SMILES string of the molecule is CC1(C)O[C@H]2Oc3ccc4c(=O)cc(-c5ccccc5)oc4c3[C@H]2[C@H]1O. The maximum atomic E-state index is 12.7. The van der Waals surface area contributed by atoms with Crippen LogP contribution < -0.4 is 10.2 Å². The van der Waals surface area contributed by atoms with Gasteiger partial charge in [0.1, 0.15) is 17.1 Å². The Balaban J connectivity index is 1.77. The van der Waals surface area contributed by atoms with Crippen molar-refractivity contribution in [1.29, 1.82) is 0 Å². The first kappa shape index (κ1) is 15.6. The lowest BCUT2D eigenvalue weighted by Gasteiger charge is -2.24. The van der Waals surface area contributed by atoms with Crippen molar-refractivity contribution in [2.75, 3.05) is 0 Å². The Hall–Kier alpha value is -2.63. The van der Waals surface area contributed by atoms with Crippen molar-refractivity contribution in [1.82, 2.24) is 0 Å². The van der Waals surface area contributed by atoms with Gasteiger partial charge in [-0.2, -0.15) is 0 Å². The average Bonchev–Trinajstić information content (AvgIpc) is 3.08. The molecular weight excluding hydrogens is 332 g/mol. The van der Waals surface area contributed by atoms with Crippen molar-refractivity contribution < 1.29 is 19.0 Å². The summed E-state index contributed by atoms with van der Waals surface area (Å²) in [6.45, 7) is 3.66. The maximum Gasteiger partial charge on any atom is 0.210 e. The molecule has 5 nitrogen and oxygen atoms in total. The minimum absolute atomic E-state index is 0.121. The molecule has 0 radical (unpaired) electrons. The van der Waals surface area contributed by atoms with Gasteiger partial charge in [-0.15, -0.1) is 0 Å². The number of hydrogen-bond acceptors (Lipinski definition) is 5. The van der Waals surface area contributed by atoms with Gasteiger partial charge < -0.3 is 19.0 Å². The van der Waals surface area contributed by atoms with Crippen LogP contribution in [-0.4, -0.2) is 23.1 Å². The lowest BCUT2D eigenvalue weighted by molar-refractivity contribution is -0.118. The van der Waals surface area contributed by atoms with Gasteiger partial charge in [0, 0.05) is 17.2 Å². The minimum atomic E-state index is -0.759. The van der Waals surface area contributed by atoms with Crippen molar-refractivity contribution in [3.63, 3.8) is 0 Å². The van der Waals surface area contributed by atoms with E-state index in [1.807, 2.05) is 44.2 Å². The first-order valence-corrected chi connectivity index (χ1v) is 8.64. The molecule has 1 N–H and O–H groups in total. The van der Waals surface area contributed by atoms with Crippen LogP contribution in [0.2, 0.25) is 0 Å². The van der Waals surface area contributed by atoms with Crippen LogP contribution in [0.1, 0.15) is 25.3 Å². The lowest BCUT2D eigenvalue weighted by Crippen LogP contribution is -2.34. The molecule has 0 saturated carbocycles. The number of benzene rings is 2. The molecule has 5 heteroatoms. The zero-order valence-corrected chi connectivity index (χ0v) is 14.4. The standard InChI is InChI=1S/C21H18O5/c1-21(2)19(23)17-16-14(25-20(17)26-21)9-8-12-13(22)10-15(24-18(12)16)11-6-4-3-5-7-11/h3-10,17,19-20,23H,1-2H3/t17-,19+,20+/m0/s1. The molecule has 1 aromatic heterocycles. The zero-order chi connectivity index (χ0) is 18.1. The molecule has 132 valence electrons. The second-order valence-corrected chi connectivity index (χ2v) is 7.37. The number of ether oxygens (including phenoxy) is 2. The molecule has 0 spiro atoms. The van der Waals surface area contributed by atoms with Gasteiger partial charge in [-0.1, -0.05) is 30.3 Å². The van der Waals surface area contributed by atoms with Crippen LogP contribution in [0.4, 0.5) is 0 Å². The van der Waals surface area contributed by atoms with Crippen molar-refractivity contribution in [3.8, 4) is 17.1 Å². The fourth-order valence-corrected chi connectivity index (χ4v) is 3.92. The van der Waals surface area contributed by atoms with Gasteiger partial charge in [-0.05, 0) is 26.0 Å². The van der Waals surface area contributed by atoms with E-state index in [1.54, 1.807) is 12.1 Å². The van der Waals surface area contributed by atoms with Gasteiger partial charge in [0.15, 0.2) is 5.43 Å². The lowest BCUT2D eigenvalue weighted by atomic mass is 9.87. The van der Waals surface area contributed by atoms with Crippen molar-refractivity contribution >= 4 is 11.0 Å². The van der Waals surface area contributed by atoms with E-state index in [2.05, 4.69) is 0 Å². The number of hydrogen-bond donors (Lipinski definition) is 1. The van der Waals surface area contributed by atoms with Crippen LogP contribution in [0.25, 0.3) is 22.3 Å². The smallest absolute Gasteiger partial charge is 0.210 e. The largest absolute Gasteiger partial charge is 0.464 e. The first-order chi connectivity index (χ1) is 12.5. The molecule has 3 heterocycles. The molecule has 5 rings (SSSR count). The van der Waals surface area contributed by atoms with Gasteiger partial charge in [-0.25, -0.2) is 0 Å². The first-order valence-electron chi connectivity index (χ1n) is 8.64. The van der Waals surface area contributed by atoms with Gasteiger partial charge in [-0.3, -0.25) is 4.79 Å². The Kier molecular flexibility index (Phi) is 3.12. The van der Waals surface area contributed by atoms with Crippen molar-refractivity contribution in [2.45, 2.75) is 37.8 Å². The molecule has 3 atom stereocenters. The Bertz CT molecular complexity index is 1070. The normalized spacial score (nSPS) is 25.7. The van der Waals surface area contributed by atoms with Crippen molar-refractivity contribution in [3.05, 3.63) is 64.3 Å².